The zero-order valence-electron chi connectivity index (χ0n) is 8.37. The Kier molecular flexibility index (Phi) is 2.37. The second kappa shape index (κ2) is 3.69. The summed E-state index contributed by atoms with van der Waals surface area (Å²) < 4.78 is 13.6. The molecule has 0 saturated carbocycles. The Hall–Kier alpha value is -1.90. The number of anilines is 1. The van der Waals surface area contributed by atoms with Crippen molar-refractivity contribution in [2.75, 3.05) is 5.73 Å². The number of halogens is 1. The van der Waals surface area contributed by atoms with Crippen molar-refractivity contribution in [3.63, 3.8) is 0 Å². The number of hydrogen-bond donors (Lipinski definition) is 1. The van der Waals surface area contributed by atoms with Gasteiger partial charge in [-0.05, 0) is 25.1 Å². The number of benzene rings is 1. The largest absolute Gasteiger partial charge is 0.398 e. The third-order valence-corrected chi connectivity index (χ3v) is 2.27. The molecule has 76 valence electrons. The molecule has 0 radical (unpaired) electrons. The van der Waals surface area contributed by atoms with Crippen LogP contribution in [-0.4, -0.2) is 4.98 Å². The highest BCUT2D eigenvalue weighted by molar-refractivity contribution is 5.75. The van der Waals surface area contributed by atoms with Gasteiger partial charge in [-0.3, -0.25) is 4.98 Å². The molecule has 0 spiro atoms. The molecule has 0 aliphatic carbocycles. The summed E-state index contributed by atoms with van der Waals surface area (Å²) in [6, 6.07) is 6.60. The van der Waals surface area contributed by atoms with Crippen molar-refractivity contribution in [3.8, 4) is 11.1 Å². The third-order valence-electron chi connectivity index (χ3n) is 2.27. The first-order valence-electron chi connectivity index (χ1n) is 4.64. The Morgan fingerprint density at radius 2 is 2.00 bits per heavy atom. The molecule has 0 unspecified atom stereocenters. The lowest BCUT2D eigenvalue weighted by Crippen LogP contribution is -1.93. The zero-order valence-corrected chi connectivity index (χ0v) is 8.37. The lowest BCUT2D eigenvalue weighted by Gasteiger charge is -2.06. The number of aromatic nitrogens is 1. The minimum absolute atomic E-state index is 0.277. The molecule has 0 aliphatic heterocycles. The molecule has 2 N–H and O–H groups in total. The first kappa shape index (κ1) is 9.65. The van der Waals surface area contributed by atoms with Crippen molar-refractivity contribution < 1.29 is 4.39 Å². The number of nitrogen functional groups attached to an aromatic ring is 1. The molecule has 0 bridgehead atoms. The quantitative estimate of drug-likeness (QED) is 0.772. The van der Waals surface area contributed by atoms with E-state index in [1.807, 2.05) is 6.92 Å². The first-order chi connectivity index (χ1) is 7.18. The zero-order chi connectivity index (χ0) is 10.8. The maximum atomic E-state index is 13.6. The highest BCUT2D eigenvalue weighted by Crippen LogP contribution is 2.27. The standard InChI is InChI=1S/C12H11FN2/c1-8-2-3-11(13)9(6-8)10-7-15-5-4-12(10)14/h2-7H,1H3,(H2,14,15). The van der Waals surface area contributed by atoms with Crippen LogP contribution in [0.25, 0.3) is 11.1 Å². The molecule has 0 atom stereocenters. The summed E-state index contributed by atoms with van der Waals surface area (Å²) >= 11 is 0. The van der Waals surface area contributed by atoms with Gasteiger partial charge in [0.25, 0.3) is 0 Å². The van der Waals surface area contributed by atoms with Crippen LogP contribution in [0.2, 0.25) is 0 Å². The van der Waals surface area contributed by atoms with Crippen molar-refractivity contribution in [2.24, 2.45) is 0 Å². The number of nitrogens with zero attached hydrogens (tertiary/aromatic N) is 1. The number of pyridine rings is 1. The Bertz CT molecular complexity index is 495. The van der Waals surface area contributed by atoms with Gasteiger partial charge in [0.05, 0.1) is 0 Å². The van der Waals surface area contributed by atoms with Crippen molar-refractivity contribution >= 4 is 5.69 Å². The number of rotatable bonds is 1. The minimum atomic E-state index is -0.277. The third kappa shape index (κ3) is 1.81. The van der Waals surface area contributed by atoms with Crippen LogP contribution >= 0.6 is 0 Å². The molecule has 0 saturated heterocycles. The normalized spacial score (nSPS) is 10.3. The van der Waals surface area contributed by atoms with E-state index < -0.39 is 0 Å². The van der Waals surface area contributed by atoms with Crippen LogP contribution < -0.4 is 5.73 Å². The molecule has 1 aromatic carbocycles. The molecule has 15 heavy (non-hydrogen) atoms. The van der Waals surface area contributed by atoms with Gasteiger partial charge >= 0.3 is 0 Å². The molecule has 2 nitrogen and oxygen atoms in total. The molecule has 2 rings (SSSR count). The summed E-state index contributed by atoms with van der Waals surface area (Å²) in [7, 11) is 0. The lowest BCUT2D eigenvalue weighted by atomic mass is 10.0. The molecule has 0 fully saturated rings. The maximum absolute atomic E-state index is 13.6. The fraction of sp³-hybridized carbons (Fsp3) is 0.0833. The molecule has 1 heterocycles. The Morgan fingerprint density at radius 3 is 2.73 bits per heavy atom. The van der Waals surface area contributed by atoms with Crippen LogP contribution in [0.15, 0.2) is 36.7 Å². The Labute approximate surface area is 87.6 Å². The van der Waals surface area contributed by atoms with Crippen LogP contribution in [0.3, 0.4) is 0 Å². The van der Waals surface area contributed by atoms with Crippen LogP contribution in [0, 0.1) is 12.7 Å². The average Bonchev–Trinajstić information content (AvgIpc) is 2.23. The van der Waals surface area contributed by atoms with E-state index in [1.165, 1.54) is 6.07 Å². The molecular weight excluding hydrogens is 191 g/mol. The summed E-state index contributed by atoms with van der Waals surface area (Å²) in [5.41, 5.74) is 8.43. The van der Waals surface area contributed by atoms with Gasteiger partial charge in [-0.15, -0.1) is 0 Å². The van der Waals surface area contributed by atoms with Crippen molar-refractivity contribution in [2.45, 2.75) is 6.92 Å². The number of hydrogen-bond acceptors (Lipinski definition) is 2. The van der Waals surface area contributed by atoms with Gasteiger partial charge in [0.2, 0.25) is 0 Å². The first-order valence-corrected chi connectivity index (χ1v) is 4.64. The fourth-order valence-corrected chi connectivity index (χ4v) is 1.48. The molecule has 0 amide bonds. The van der Waals surface area contributed by atoms with E-state index in [9.17, 15) is 4.39 Å². The van der Waals surface area contributed by atoms with E-state index in [2.05, 4.69) is 4.98 Å². The summed E-state index contributed by atoms with van der Waals surface area (Å²) in [6.45, 7) is 1.91. The predicted molar refractivity (Wildman–Crippen MR) is 58.8 cm³/mol. The van der Waals surface area contributed by atoms with Gasteiger partial charge in [0, 0.05) is 29.2 Å². The minimum Gasteiger partial charge on any atom is -0.398 e. The Morgan fingerprint density at radius 1 is 1.20 bits per heavy atom. The Balaban J connectivity index is 2.64. The molecule has 3 heteroatoms. The van der Waals surface area contributed by atoms with Crippen LogP contribution in [0.4, 0.5) is 10.1 Å². The van der Waals surface area contributed by atoms with Gasteiger partial charge in [0.1, 0.15) is 5.82 Å². The topological polar surface area (TPSA) is 38.9 Å². The summed E-state index contributed by atoms with van der Waals surface area (Å²) in [6.07, 6.45) is 3.17. The van der Waals surface area contributed by atoms with Gasteiger partial charge < -0.3 is 5.73 Å². The van der Waals surface area contributed by atoms with E-state index >= 15 is 0 Å². The highest BCUT2D eigenvalue weighted by Gasteiger charge is 2.07. The van der Waals surface area contributed by atoms with Gasteiger partial charge in [-0.1, -0.05) is 11.6 Å². The second-order valence-corrected chi connectivity index (χ2v) is 3.45. The monoisotopic (exact) mass is 202 g/mol. The van der Waals surface area contributed by atoms with Gasteiger partial charge in [-0.25, -0.2) is 4.39 Å². The maximum Gasteiger partial charge on any atom is 0.131 e. The second-order valence-electron chi connectivity index (χ2n) is 3.45. The number of aryl methyl sites for hydroxylation is 1. The average molecular weight is 202 g/mol. The van der Waals surface area contributed by atoms with E-state index in [1.54, 1.807) is 30.6 Å². The van der Waals surface area contributed by atoms with E-state index in [-0.39, 0.29) is 5.82 Å². The fourth-order valence-electron chi connectivity index (χ4n) is 1.48. The van der Waals surface area contributed by atoms with Crippen molar-refractivity contribution in [3.05, 3.63) is 48.0 Å². The predicted octanol–water partition coefficient (Wildman–Crippen LogP) is 2.78. The van der Waals surface area contributed by atoms with Gasteiger partial charge in [-0.2, -0.15) is 0 Å². The van der Waals surface area contributed by atoms with Crippen LogP contribution in [0.1, 0.15) is 5.56 Å². The molecule has 1 aromatic heterocycles. The van der Waals surface area contributed by atoms with E-state index in [0.29, 0.717) is 16.8 Å². The molecular formula is C12H11FN2. The summed E-state index contributed by atoms with van der Waals surface area (Å²) in [5.74, 6) is -0.277. The van der Waals surface area contributed by atoms with Crippen molar-refractivity contribution in [1.82, 2.24) is 4.98 Å². The summed E-state index contributed by atoms with van der Waals surface area (Å²) in [5, 5.41) is 0. The van der Waals surface area contributed by atoms with E-state index in [0.717, 1.165) is 5.56 Å². The van der Waals surface area contributed by atoms with Crippen LogP contribution in [0.5, 0.6) is 0 Å². The smallest absolute Gasteiger partial charge is 0.131 e. The van der Waals surface area contributed by atoms with Crippen LogP contribution in [-0.2, 0) is 0 Å². The molecule has 0 aliphatic rings. The molecule has 2 aromatic rings. The SMILES string of the molecule is Cc1ccc(F)c(-c2cnccc2N)c1. The van der Waals surface area contributed by atoms with Crippen molar-refractivity contribution in [1.29, 1.82) is 0 Å². The van der Waals surface area contributed by atoms with Gasteiger partial charge in [0.15, 0.2) is 0 Å². The summed E-state index contributed by atoms with van der Waals surface area (Å²) in [4.78, 5) is 3.95. The lowest BCUT2D eigenvalue weighted by molar-refractivity contribution is 0.631. The number of nitrogens with two attached hydrogens (primary N) is 1. The van der Waals surface area contributed by atoms with E-state index in [4.69, 9.17) is 5.73 Å². The highest BCUT2D eigenvalue weighted by atomic mass is 19.1.